The average Bonchev–Trinajstić information content (AvgIpc) is 2.69. The van der Waals surface area contributed by atoms with E-state index >= 15 is 0 Å². The Morgan fingerprint density at radius 1 is 0.889 bits per heavy atom. The fourth-order valence-electron chi connectivity index (χ4n) is 3.28. The van der Waals surface area contributed by atoms with Gasteiger partial charge in [-0.3, -0.25) is 4.79 Å². The van der Waals surface area contributed by atoms with Crippen LogP contribution in [0.1, 0.15) is 0 Å². The molecule has 5 heteroatoms. The van der Waals surface area contributed by atoms with Gasteiger partial charge < -0.3 is 15.4 Å². The standard InChI is InChI=1S/C22H17ClN2O2/c1-24-15-9-7-14(8-10-15)18-17(23)12-11-16-20(18)25-22(27)19(21(16)26)13-5-3-2-4-6-13/h2-12,24H,1H3,(H2,25,26,27). The minimum absolute atomic E-state index is 0.0512. The normalized spacial score (nSPS) is 10.9. The van der Waals surface area contributed by atoms with E-state index in [2.05, 4.69) is 10.3 Å². The van der Waals surface area contributed by atoms with Crippen molar-refractivity contribution in [1.82, 2.24) is 4.98 Å². The molecular formula is C22H17ClN2O2. The maximum Gasteiger partial charge on any atom is 0.260 e. The van der Waals surface area contributed by atoms with Gasteiger partial charge in [0, 0.05) is 23.7 Å². The molecule has 1 heterocycles. The Morgan fingerprint density at radius 2 is 1.56 bits per heavy atom. The molecule has 0 atom stereocenters. The van der Waals surface area contributed by atoms with Gasteiger partial charge in [0.05, 0.1) is 16.1 Å². The van der Waals surface area contributed by atoms with Crippen LogP contribution in [-0.4, -0.2) is 17.1 Å². The Kier molecular flexibility index (Phi) is 4.34. The monoisotopic (exact) mass is 376 g/mol. The van der Waals surface area contributed by atoms with E-state index < -0.39 is 0 Å². The molecule has 0 aliphatic carbocycles. The number of rotatable bonds is 3. The first-order valence-corrected chi connectivity index (χ1v) is 8.89. The van der Waals surface area contributed by atoms with Crippen LogP contribution in [0, 0.1) is 0 Å². The van der Waals surface area contributed by atoms with Crippen molar-refractivity contribution in [3.63, 3.8) is 0 Å². The quantitative estimate of drug-likeness (QED) is 0.456. The molecule has 1 aromatic heterocycles. The van der Waals surface area contributed by atoms with Crippen LogP contribution in [0.4, 0.5) is 5.69 Å². The second-order valence-corrected chi connectivity index (χ2v) is 6.62. The molecule has 0 spiro atoms. The zero-order chi connectivity index (χ0) is 19.0. The molecule has 0 saturated heterocycles. The highest BCUT2D eigenvalue weighted by Gasteiger charge is 2.18. The highest BCUT2D eigenvalue weighted by molar-refractivity contribution is 6.35. The molecule has 0 aliphatic heterocycles. The third-order valence-electron chi connectivity index (χ3n) is 4.64. The molecule has 4 nitrogen and oxygen atoms in total. The van der Waals surface area contributed by atoms with Gasteiger partial charge in [0.15, 0.2) is 0 Å². The number of nitrogens with one attached hydrogen (secondary N) is 2. The Labute approximate surface area is 161 Å². The highest BCUT2D eigenvalue weighted by atomic mass is 35.5. The molecule has 0 bridgehead atoms. The number of halogens is 1. The molecule has 0 aliphatic rings. The molecule has 0 fully saturated rings. The average molecular weight is 377 g/mol. The lowest BCUT2D eigenvalue weighted by molar-refractivity contribution is 0.482. The Hall–Kier alpha value is -3.24. The predicted octanol–water partition coefficient (Wildman–Crippen LogP) is 5.26. The molecule has 3 N–H and O–H groups in total. The van der Waals surface area contributed by atoms with Crippen molar-refractivity contribution in [2.24, 2.45) is 0 Å². The van der Waals surface area contributed by atoms with E-state index in [0.29, 0.717) is 27.1 Å². The Bertz CT molecular complexity index is 1180. The lowest BCUT2D eigenvalue weighted by atomic mass is 9.98. The summed E-state index contributed by atoms with van der Waals surface area (Å²) in [4.78, 5) is 15.7. The molecular weight excluding hydrogens is 360 g/mol. The van der Waals surface area contributed by atoms with Crippen molar-refractivity contribution in [2.75, 3.05) is 12.4 Å². The number of hydrogen-bond acceptors (Lipinski definition) is 3. The summed E-state index contributed by atoms with van der Waals surface area (Å²) in [7, 11) is 1.85. The van der Waals surface area contributed by atoms with E-state index in [4.69, 9.17) is 11.6 Å². The second-order valence-electron chi connectivity index (χ2n) is 6.22. The molecule has 134 valence electrons. The third kappa shape index (κ3) is 2.94. The Morgan fingerprint density at radius 3 is 2.22 bits per heavy atom. The minimum atomic E-state index is -0.360. The molecule has 0 amide bonds. The van der Waals surface area contributed by atoms with Gasteiger partial charge >= 0.3 is 0 Å². The fraction of sp³-hybridized carbons (Fsp3) is 0.0455. The van der Waals surface area contributed by atoms with Crippen molar-refractivity contribution in [1.29, 1.82) is 0 Å². The number of aromatic hydroxyl groups is 1. The van der Waals surface area contributed by atoms with Crippen LogP contribution in [0.25, 0.3) is 33.2 Å². The lowest BCUT2D eigenvalue weighted by Crippen LogP contribution is -2.10. The van der Waals surface area contributed by atoms with Gasteiger partial charge in [-0.25, -0.2) is 0 Å². The number of anilines is 1. The van der Waals surface area contributed by atoms with Crippen LogP contribution < -0.4 is 10.9 Å². The highest BCUT2D eigenvalue weighted by Crippen LogP contribution is 2.39. The number of H-pyrrole nitrogens is 1. The van der Waals surface area contributed by atoms with Crippen LogP contribution in [0.5, 0.6) is 5.75 Å². The summed E-state index contributed by atoms with van der Waals surface area (Å²) >= 11 is 6.45. The second kappa shape index (κ2) is 6.82. The largest absolute Gasteiger partial charge is 0.506 e. The van der Waals surface area contributed by atoms with Gasteiger partial charge in [-0.05, 0) is 35.4 Å². The van der Waals surface area contributed by atoms with Crippen molar-refractivity contribution < 1.29 is 5.11 Å². The molecule has 3 aromatic carbocycles. The van der Waals surface area contributed by atoms with Crippen molar-refractivity contribution >= 4 is 28.2 Å². The number of pyridine rings is 1. The summed E-state index contributed by atoms with van der Waals surface area (Å²) in [6.07, 6.45) is 0. The van der Waals surface area contributed by atoms with Crippen molar-refractivity contribution in [3.05, 3.63) is 82.1 Å². The molecule has 27 heavy (non-hydrogen) atoms. The van der Waals surface area contributed by atoms with E-state index in [0.717, 1.165) is 11.3 Å². The van der Waals surface area contributed by atoms with Crippen LogP contribution >= 0.6 is 11.6 Å². The lowest BCUT2D eigenvalue weighted by Gasteiger charge is -2.13. The van der Waals surface area contributed by atoms with E-state index in [1.807, 2.05) is 49.5 Å². The third-order valence-corrected chi connectivity index (χ3v) is 4.95. The van der Waals surface area contributed by atoms with Gasteiger partial charge in [-0.15, -0.1) is 0 Å². The number of aromatic nitrogens is 1. The molecule has 0 saturated carbocycles. The van der Waals surface area contributed by atoms with Gasteiger partial charge in [0.25, 0.3) is 5.56 Å². The fourth-order valence-corrected chi connectivity index (χ4v) is 3.55. The van der Waals surface area contributed by atoms with E-state index in [-0.39, 0.29) is 16.9 Å². The number of fused-ring (bicyclic) bond motifs is 1. The maximum absolute atomic E-state index is 12.8. The first-order valence-electron chi connectivity index (χ1n) is 8.51. The zero-order valence-corrected chi connectivity index (χ0v) is 15.3. The van der Waals surface area contributed by atoms with E-state index in [1.165, 1.54) is 0 Å². The van der Waals surface area contributed by atoms with Crippen molar-refractivity contribution in [3.8, 4) is 28.0 Å². The van der Waals surface area contributed by atoms with Gasteiger partial charge in [0.1, 0.15) is 5.75 Å². The van der Waals surface area contributed by atoms with Gasteiger partial charge in [-0.2, -0.15) is 0 Å². The summed E-state index contributed by atoms with van der Waals surface area (Å²) in [5.41, 5.74) is 3.58. The molecule has 4 rings (SSSR count). The first-order chi connectivity index (χ1) is 13.1. The number of benzene rings is 3. The first kappa shape index (κ1) is 17.2. The topological polar surface area (TPSA) is 65.1 Å². The van der Waals surface area contributed by atoms with Crippen LogP contribution in [0.2, 0.25) is 5.02 Å². The Balaban J connectivity index is 2.01. The smallest absolute Gasteiger partial charge is 0.260 e. The summed E-state index contributed by atoms with van der Waals surface area (Å²) in [6, 6.07) is 20.3. The number of aromatic amines is 1. The summed E-state index contributed by atoms with van der Waals surface area (Å²) < 4.78 is 0. The van der Waals surface area contributed by atoms with Crippen molar-refractivity contribution in [2.45, 2.75) is 0 Å². The van der Waals surface area contributed by atoms with Crippen LogP contribution in [-0.2, 0) is 0 Å². The number of hydrogen-bond donors (Lipinski definition) is 3. The summed E-state index contributed by atoms with van der Waals surface area (Å²) in [5.74, 6) is -0.0512. The maximum atomic E-state index is 12.8. The molecule has 0 unspecified atom stereocenters. The molecule has 0 radical (unpaired) electrons. The van der Waals surface area contributed by atoms with Gasteiger partial charge in [0.2, 0.25) is 0 Å². The zero-order valence-electron chi connectivity index (χ0n) is 14.6. The molecule has 4 aromatic rings. The van der Waals surface area contributed by atoms with E-state index in [9.17, 15) is 9.90 Å². The SMILES string of the molecule is CNc1ccc(-c2c(Cl)ccc3c(O)c(-c4ccccc4)c(=O)[nH]c23)cc1. The minimum Gasteiger partial charge on any atom is -0.506 e. The summed E-state index contributed by atoms with van der Waals surface area (Å²) in [6.45, 7) is 0. The summed E-state index contributed by atoms with van der Waals surface area (Å²) in [5, 5.41) is 15.0. The van der Waals surface area contributed by atoms with Crippen LogP contribution in [0.3, 0.4) is 0 Å². The van der Waals surface area contributed by atoms with Crippen LogP contribution in [0.15, 0.2) is 71.5 Å². The predicted molar refractivity (Wildman–Crippen MR) is 112 cm³/mol. The van der Waals surface area contributed by atoms with Gasteiger partial charge in [-0.1, -0.05) is 54.1 Å². The van der Waals surface area contributed by atoms with E-state index in [1.54, 1.807) is 24.3 Å².